The fourth-order valence-corrected chi connectivity index (χ4v) is 1.03. The van der Waals surface area contributed by atoms with E-state index in [-0.39, 0.29) is 0 Å². The van der Waals surface area contributed by atoms with Crippen LogP contribution in [0.1, 0.15) is 13.8 Å². The van der Waals surface area contributed by atoms with E-state index in [1.54, 1.807) is 25.2 Å². The van der Waals surface area contributed by atoms with Gasteiger partial charge in [-0.05, 0) is 19.9 Å². The smallest absolute Gasteiger partial charge is 0.110 e. The summed E-state index contributed by atoms with van der Waals surface area (Å²) in [4.78, 5) is 0. The minimum atomic E-state index is -1.08. The van der Waals surface area contributed by atoms with Crippen LogP contribution >= 0.6 is 0 Å². The molecule has 1 aliphatic carbocycles. The van der Waals surface area contributed by atoms with Crippen molar-refractivity contribution >= 4 is 0 Å². The lowest BCUT2D eigenvalue weighted by molar-refractivity contribution is -0.00144. The minimum absolute atomic E-state index is 0.767. The van der Waals surface area contributed by atoms with Crippen LogP contribution in [0.5, 0.6) is 0 Å². The number of rotatable bonds is 0. The first-order chi connectivity index (χ1) is 4.52. The number of hydrogen-bond acceptors (Lipinski definition) is 2. The molecule has 1 rings (SSSR count). The Labute approximate surface area is 60.5 Å². The Kier molecular flexibility index (Phi) is 1.67. The van der Waals surface area contributed by atoms with Crippen LogP contribution < -0.4 is 0 Å². The monoisotopic (exact) mass is 140 g/mol. The maximum atomic E-state index is 9.44. The van der Waals surface area contributed by atoms with Gasteiger partial charge in [-0.2, -0.15) is 0 Å². The molecule has 2 heteroatoms. The quantitative estimate of drug-likeness (QED) is 0.517. The lowest BCUT2D eigenvalue weighted by Crippen LogP contribution is -2.37. The van der Waals surface area contributed by atoms with E-state index in [0.717, 1.165) is 5.57 Å². The zero-order chi connectivity index (χ0) is 7.78. The first-order valence-corrected chi connectivity index (χ1v) is 3.30. The van der Waals surface area contributed by atoms with Gasteiger partial charge < -0.3 is 10.2 Å². The molecule has 0 saturated heterocycles. The molecule has 0 aromatic heterocycles. The summed E-state index contributed by atoms with van der Waals surface area (Å²) in [5.74, 6) is 0. The van der Waals surface area contributed by atoms with Gasteiger partial charge in [-0.1, -0.05) is 17.7 Å². The Bertz CT molecular complexity index is 189. The summed E-state index contributed by atoms with van der Waals surface area (Å²) in [6.45, 7) is 3.47. The van der Waals surface area contributed by atoms with Crippen molar-refractivity contribution < 1.29 is 10.2 Å². The van der Waals surface area contributed by atoms with E-state index in [1.807, 2.05) is 6.92 Å². The molecule has 0 saturated carbocycles. The fraction of sp³-hybridized carbons (Fsp3) is 0.500. The van der Waals surface area contributed by atoms with Gasteiger partial charge in [0.15, 0.2) is 0 Å². The number of allylic oxidation sites excluding steroid dienone is 2. The lowest BCUT2D eigenvalue weighted by atomic mass is 9.91. The summed E-state index contributed by atoms with van der Waals surface area (Å²) < 4.78 is 0. The Hall–Kier alpha value is -0.600. The third-order valence-electron chi connectivity index (χ3n) is 1.66. The normalized spacial score (nSPS) is 39.6. The molecule has 0 unspecified atom stereocenters. The number of aliphatic hydroxyl groups excluding tert-OH is 1. The van der Waals surface area contributed by atoms with Crippen molar-refractivity contribution in [1.82, 2.24) is 0 Å². The standard InChI is InChI=1S/C8H12O2/c1-6-3-4-7(9)8(2,10)5-6/h3-5,7,9-10H,1-2H3/t7-,8+/m0/s1. The summed E-state index contributed by atoms with van der Waals surface area (Å²) in [5, 5.41) is 18.6. The zero-order valence-electron chi connectivity index (χ0n) is 6.20. The molecule has 10 heavy (non-hydrogen) atoms. The van der Waals surface area contributed by atoms with Gasteiger partial charge in [0.2, 0.25) is 0 Å². The number of hydrogen-bond donors (Lipinski definition) is 2. The van der Waals surface area contributed by atoms with Crippen molar-refractivity contribution in [2.75, 3.05) is 0 Å². The van der Waals surface area contributed by atoms with E-state index in [9.17, 15) is 10.2 Å². The molecular weight excluding hydrogens is 128 g/mol. The second-order valence-electron chi connectivity index (χ2n) is 2.92. The van der Waals surface area contributed by atoms with Gasteiger partial charge in [0.1, 0.15) is 11.7 Å². The Balaban J connectivity index is 2.88. The van der Waals surface area contributed by atoms with Gasteiger partial charge in [0, 0.05) is 0 Å². The van der Waals surface area contributed by atoms with Gasteiger partial charge in [-0.15, -0.1) is 0 Å². The molecular formula is C8H12O2. The van der Waals surface area contributed by atoms with Gasteiger partial charge in [-0.3, -0.25) is 0 Å². The molecule has 0 radical (unpaired) electrons. The van der Waals surface area contributed by atoms with Gasteiger partial charge >= 0.3 is 0 Å². The lowest BCUT2D eigenvalue weighted by Gasteiger charge is -2.26. The molecule has 1 aliphatic rings. The average molecular weight is 140 g/mol. The summed E-state index contributed by atoms with van der Waals surface area (Å²) in [6.07, 6.45) is 4.27. The molecule has 2 N–H and O–H groups in total. The molecule has 0 fully saturated rings. The van der Waals surface area contributed by atoms with Crippen molar-refractivity contribution in [3.8, 4) is 0 Å². The maximum Gasteiger partial charge on any atom is 0.110 e. The first-order valence-electron chi connectivity index (χ1n) is 3.30. The summed E-state index contributed by atoms with van der Waals surface area (Å²) in [6, 6.07) is 0. The predicted molar refractivity (Wildman–Crippen MR) is 39.5 cm³/mol. The van der Waals surface area contributed by atoms with Crippen molar-refractivity contribution in [3.63, 3.8) is 0 Å². The van der Waals surface area contributed by atoms with E-state index in [4.69, 9.17) is 0 Å². The van der Waals surface area contributed by atoms with Crippen LogP contribution in [0.4, 0.5) is 0 Å². The van der Waals surface area contributed by atoms with Crippen LogP contribution in [-0.2, 0) is 0 Å². The van der Waals surface area contributed by atoms with E-state index in [2.05, 4.69) is 0 Å². The third kappa shape index (κ3) is 1.28. The average Bonchev–Trinajstić information content (AvgIpc) is 1.78. The molecule has 0 spiro atoms. The van der Waals surface area contributed by atoms with Crippen LogP contribution in [-0.4, -0.2) is 21.9 Å². The SMILES string of the molecule is CC1=C[C@@](C)(O)[C@@H](O)C=C1. The summed E-state index contributed by atoms with van der Waals surface area (Å²) in [5.41, 5.74) is -0.103. The maximum absolute atomic E-state index is 9.44. The highest BCUT2D eigenvalue weighted by molar-refractivity contribution is 5.28. The Morgan fingerprint density at radius 2 is 2.20 bits per heavy atom. The molecule has 0 aromatic rings. The van der Waals surface area contributed by atoms with E-state index in [1.165, 1.54) is 0 Å². The topological polar surface area (TPSA) is 40.5 Å². The predicted octanol–water partition coefficient (Wildman–Crippen LogP) is 0.614. The molecule has 0 bridgehead atoms. The second kappa shape index (κ2) is 2.22. The third-order valence-corrected chi connectivity index (χ3v) is 1.66. The van der Waals surface area contributed by atoms with Gasteiger partial charge in [0.25, 0.3) is 0 Å². The van der Waals surface area contributed by atoms with Gasteiger partial charge in [0.05, 0.1) is 0 Å². The second-order valence-corrected chi connectivity index (χ2v) is 2.92. The summed E-state index contributed by atoms with van der Waals surface area (Å²) >= 11 is 0. The van der Waals surface area contributed by atoms with Gasteiger partial charge in [-0.25, -0.2) is 0 Å². The largest absolute Gasteiger partial charge is 0.386 e. The summed E-state index contributed by atoms with van der Waals surface area (Å²) in [7, 11) is 0. The fourth-order valence-electron chi connectivity index (χ4n) is 1.03. The number of aliphatic hydroxyl groups is 2. The van der Waals surface area contributed by atoms with Crippen molar-refractivity contribution in [2.24, 2.45) is 0 Å². The van der Waals surface area contributed by atoms with Crippen molar-refractivity contribution in [1.29, 1.82) is 0 Å². The van der Waals surface area contributed by atoms with Crippen molar-refractivity contribution in [2.45, 2.75) is 25.6 Å². The zero-order valence-corrected chi connectivity index (χ0v) is 6.20. The minimum Gasteiger partial charge on any atom is -0.386 e. The van der Waals surface area contributed by atoms with Crippen LogP contribution in [0, 0.1) is 0 Å². The van der Waals surface area contributed by atoms with E-state index in [0.29, 0.717) is 0 Å². The first kappa shape index (κ1) is 7.51. The van der Waals surface area contributed by atoms with Crippen molar-refractivity contribution in [3.05, 3.63) is 23.8 Å². The Morgan fingerprint density at radius 1 is 1.60 bits per heavy atom. The van der Waals surface area contributed by atoms with Crippen LogP contribution in [0.15, 0.2) is 23.8 Å². The highest BCUT2D eigenvalue weighted by Crippen LogP contribution is 2.20. The highest BCUT2D eigenvalue weighted by atomic mass is 16.3. The molecule has 0 heterocycles. The molecule has 2 nitrogen and oxygen atoms in total. The molecule has 56 valence electrons. The molecule has 2 atom stereocenters. The molecule has 0 aromatic carbocycles. The van der Waals surface area contributed by atoms with Crippen LogP contribution in [0.25, 0.3) is 0 Å². The molecule has 0 aliphatic heterocycles. The van der Waals surface area contributed by atoms with Crippen LogP contribution in [0.3, 0.4) is 0 Å². The van der Waals surface area contributed by atoms with Crippen LogP contribution in [0.2, 0.25) is 0 Å². The van der Waals surface area contributed by atoms with E-state index >= 15 is 0 Å². The van der Waals surface area contributed by atoms with E-state index < -0.39 is 11.7 Å². The highest BCUT2D eigenvalue weighted by Gasteiger charge is 2.27. The molecule has 0 amide bonds. The Morgan fingerprint density at radius 3 is 2.60 bits per heavy atom.